The van der Waals surface area contributed by atoms with Gasteiger partial charge in [0.15, 0.2) is 0 Å². The van der Waals surface area contributed by atoms with Crippen LogP contribution < -0.4 is 11.1 Å². The number of carbonyl (C=O) groups is 1. The molecule has 17 heavy (non-hydrogen) atoms. The molecule has 0 aliphatic rings. The van der Waals surface area contributed by atoms with Crippen LogP contribution in [0, 0.1) is 5.92 Å². The Labute approximate surface area is 103 Å². The molecule has 1 heterocycles. The van der Waals surface area contributed by atoms with Crippen molar-refractivity contribution in [1.29, 1.82) is 0 Å². The third kappa shape index (κ3) is 4.53. The molecule has 0 radical (unpaired) electrons. The summed E-state index contributed by atoms with van der Waals surface area (Å²) in [7, 11) is 0. The second kappa shape index (κ2) is 6.35. The van der Waals surface area contributed by atoms with Crippen LogP contribution in [0.25, 0.3) is 0 Å². The molecule has 0 spiro atoms. The Morgan fingerprint density at radius 1 is 1.35 bits per heavy atom. The molecular formula is C13H21N3O. The van der Waals surface area contributed by atoms with Crippen LogP contribution in [0.1, 0.15) is 38.8 Å². The fourth-order valence-electron chi connectivity index (χ4n) is 1.49. The number of carbonyl (C=O) groups excluding carboxylic acids is 1. The number of nitrogens with zero attached hydrogens (tertiary/aromatic N) is 1. The molecule has 1 amide bonds. The minimum absolute atomic E-state index is 0.00416. The van der Waals surface area contributed by atoms with E-state index in [2.05, 4.69) is 10.3 Å². The van der Waals surface area contributed by atoms with Gasteiger partial charge in [0.1, 0.15) is 0 Å². The van der Waals surface area contributed by atoms with Crippen molar-refractivity contribution in [3.8, 4) is 0 Å². The summed E-state index contributed by atoms with van der Waals surface area (Å²) in [4.78, 5) is 15.7. The van der Waals surface area contributed by atoms with E-state index >= 15 is 0 Å². The highest BCUT2D eigenvalue weighted by molar-refractivity contribution is 5.77. The van der Waals surface area contributed by atoms with Crippen LogP contribution in [0.4, 0.5) is 0 Å². The first kappa shape index (κ1) is 13.6. The lowest BCUT2D eigenvalue weighted by atomic mass is 10.0. The number of nitrogens with one attached hydrogen (secondary N) is 1. The first-order chi connectivity index (χ1) is 8.00. The number of rotatable bonds is 5. The highest BCUT2D eigenvalue weighted by atomic mass is 16.1. The average Bonchev–Trinajstić information content (AvgIpc) is 2.29. The third-order valence-corrected chi connectivity index (χ3v) is 2.86. The van der Waals surface area contributed by atoms with Gasteiger partial charge in [-0.2, -0.15) is 0 Å². The summed E-state index contributed by atoms with van der Waals surface area (Å²) in [5.74, 6) is 0.312. The SMILES string of the molecule is CC(C)C(N)CC(=O)N[C@H](C)c1ccncc1. The van der Waals surface area contributed by atoms with Gasteiger partial charge in [-0.05, 0) is 30.5 Å². The van der Waals surface area contributed by atoms with Crippen molar-refractivity contribution in [3.05, 3.63) is 30.1 Å². The van der Waals surface area contributed by atoms with Crippen LogP contribution >= 0.6 is 0 Å². The number of nitrogens with two attached hydrogens (primary N) is 1. The Morgan fingerprint density at radius 3 is 2.47 bits per heavy atom. The van der Waals surface area contributed by atoms with E-state index in [1.807, 2.05) is 32.9 Å². The normalized spacial score (nSPS) is 14.4. The number of hydrogen-bond donors (Lipinski definition) is 2. The summed E-state index contributed by atoms with van der Waals surface area (Å²) in [5, 5.41) is 2.94. The van der Waals surface area contributed by atoms with Crippen LogP contribution in [0.15, 0.2) is 24.5 Å². The summed E-state index contributed by atoms with van der Waals surface area (Å²) in [5.41, 5.74) is 6.91. The average molecular weight is 235 g/mol. The van der Waals surface area contributed by atoms with E-state index in [9.17, 15) is 4.79 Å². The van der Waals surface area contributed by atoms with Crippen LogP contribution in [-0.4, -0.2) is 16.9 Å². The Bertz CT molecular complexity index is 351. The smallest absolute Gasteiger partial charge is 0.222 e. The Morgan fingerprint density at radius 2 is 1.94 bits per heavy atom. The van der Waals surface area contributed by atoms with Gasteiger partial charge < -0.3 is 11.1 Å². The van der Waals surface area contributed by atoms with E-state index < -0.39 is 0 Å². The van der Waals surface area contributed by atoms with Crippen molar-refractivity contribution in [1.82, 2.24) is 10.3 Å². The molecule has 1 rings (SSSR count). The number of aromatic nitrogens is 1. The van der Waals surface area contributed by atoms with Crippen molar-refractivity contribution in [2.24, 2.45) is 11.7 Å². The van der Waals surface area contributed by atoms with Gasteiger partial charge in [0, 0.05) is 24.9 Å². The van der Waals surface area contributed by atoms with Gasteiger partial charge in [-0.25, -0.2) is 0 Å². The first-order valence-corrected chi connectivity index (χ1v) is 5.95. The second-order valence-electron chi connectivity index (χ2n) is 4.68. The lowest BCUT2D eigenvalue weighted by Gasteiger charge is -2.18. The quantitative estimate of drug-likeness (QED) is 0.815. The molecule has 0 aliphatic carbocycles. The molecule has 0 aliphatic heterocycles. The third-order valence-electron chi connectivity index (χ3n) is 2.86. The van der Waals surface area contributed by atoms with E-state index in [0.29, 0.717) is 12.3 Å². The van der Waals surface area contributed by atoms with Crippen LogP contribution in [0.2, 0.25) is 0 Å². The molecule has 3 N–H and O–H groups in total. The molecule has 94 valence electrons. The molecule has 0 saturated carbocycles. The number of pyridine rings is 1. The predicted octanol–water partition coefficient (Wildman–Crippen LogP) is 1.63. The molecule has 1 unspecified atom stereocenters. The van der Waals surface area contributed by atoms with Gasteiger partial charge in [0.2, 0.25) is 5.91 Å². The van der Waals surface area contributed by atoms with Gasteiger partial charge in [-0.15, -0.1) is 0 Å². The molecule has 4 nitrogen and oxygen atoms in total. The van der Waals surface area contributed by atoms with E-state index in [1.165, 1.54) is 0 Å². The lowest BCUT2D eigenvalue weighted by Crippen LogP contribution is -2.35. The molecule has 1 aromatic heterocycles. The van der Waals surface area contributed by atoms with Gasteiger partial charge in [-0.1, -0.05) is 13.8 Å². The zero-order valence-electron chi connectivity index (χ0n) is 10.7. The summed E-state index contributed by atoms with van der Waals surface area (Å²) in [6, 6.07) is 3.70. The maximum atomic E-state index is 11.7. The Kier molecular flexibility index (Phi) is 5.10. The van der Waals surface area contributed by atoms with Crippen LogP contribution in [-0.2, 0) is 4.79 Å². The molecule has 0 fully saturated rings. The van der Waals surface area contributed by atoms with Gasteiger partial charge >= 0.3 is 0 Å². The highest BCUT2D eigenvalue weighted by Gasteiger charge is 2.15. The van der Waals surface area contributed by atoms with Gasteiger partial charge in [0.25, 0.3) is 0 Å². The van der Waals surface area contributed by atoms with Crippen LogP contribution in [0.5, 0.6) is 0 Å². The highest BCUT2D eigenvalue weighted by Crippen LogP contribution is 2.11. The first-order valence-electron chi connectivity index (χ1n) is 5.95. The molecule has 4 heteroatoms. The van der Waals surface area contributed by atoms with Crippen molar-refractivity contribution in [2.75, 3.05) is 0 Å². The maximum Gasteiger partial charge on any atom is 0.222 e. The van der Waals surface area contributed by atoms with E-state index in [4.69, 9.17) is 5.73 Å². The number of hydrogen-bond acceptors (Lipinski definition) is 3. The van der Waals surface area contributed by atoms with Crippen molar-refractivity contribution < 1.29 is 4.79 Å². The monoisotopic (exact) mass is 235 g/mol. The summed E-state index contributed by atoms with van der Waals surface area (Å²) in [6.07, 6.45) is 3.81. The minimum atomic E-state index is -0.0837. The van der Waals surface area contributed by atoms with Crippen molar-refractivity contribution in [2.45, 2.75) is 39.3 Å². The lowest BCUT2D eigenvalue weighted by molar-refractivity contribution is -0.122. The van der Waals surface area contributed by atoms with Gasteiger partial charge in [0.05, 0.1) is 6.04 Å². The summed E-state index contributed by atoms with van der Waals surface area (Å²) >= 11 is 0. The largest absolute Gasteiger partial charge is 0.350 e. The predicted molar refractivity (Wildman–Crippen MR) is 68.2 cm³/mol. The number of amides is 1. The molecule has 0 saturated heterocycles. The van der Waals surface area contributed by atoms with E-state index in [0.717, 1.165) is 5.56 Å². The molecular weight excluding hydrogens is 214 g/mol. The van der Waals surface area contributed by atoms with Crippen LogP contribution in [0.3, 0.4) is 0 Å². The molecule has 2 atom stereocenters. The van der Waals surface area contributed by atoms with E-state index in [1.54, 1.807) is 12.4 Å². The minimum Gasteiger partial charge on any atom is -0.350 e. The fourth-order valence-corrected chi connectivity index (χ4v) is 1.49. The molecule has 0 aromatic carbocycles. The zero-order valence-corrected chi connectivity index (χ0v) is 10.7. The van der Waals surface area contributed by atoms with E-state index in [-0.39, 0.29) is 18.0 Å². The zero-order chi connectivity index (χ0) is 12.8. The molecule has 0 bridgehead atoms. The van der Waals surface area contributed by atoms with Crippen molar-refractivity contribution in [3.63, 3.8) is 0 Å². The Balaban J connectivity index is 2.47. The summed E-state index contributed by atoms with van der Waals surface area (Å²) in [6.45, 7) is 5.99. The van der Waals surface area contributed by atoms with Gasteiger partial charge in [-0.3, -0.25) is 9.78 Å². The van der Waals surface area contributed by atoms with Crippen molar-refractivity contribution >= 4 is 5.91 Å². The Hall–Kier alpha value is -1.42. The summed E-state index contributed by atoms with van der Waals surface area (Å²) < 4.78 is 0. The molecule has 1 aromatic rings. The standard InChI is InChI=1S/C13H21N3O/c1-9(2)12(14)8-13(17)16-10(3)11-4-6-15-7-5-11/h4-7,9-10,12H,8,14H2,1-3H3,(H,16,17)/t10-,12?/m1/s1. The topological polar surface area (TPSA) is 68.0 Å². The second-order valence-corrected chi connectivity index (χ2v) is 4.68. The maximum absolute atomic E-state index is 11.7. The fraction of sp³-hybridized carbons (Fsp3) is 0.538.